The predicted molar refractivity (Wildman–Crippen MR) is 69.4 cm³/mol. The Morgan fingerprint density at radius 1 is 1.41 bits per heavy atom. The van der Waals surface area contributed by atoms with E-state index in [0.717, 1.165) is 24.2 Å². The molecular formula is C15H19NO. The van der Waals surface area contributed by atoms with E-state index in [2.05, 4.69) is 24.2 Å². The summed E-state index contributed by atoms with van der Waals surface area (Å²) >= 11 is 0. The van der Waals surface area contributed by atoms with Crippen molar-refractivity contribution in [2.45, 2.75) is 44.6 Å². The van der Waals surface area contributed by atoms with Gasteiger partial charge in [0.25, 0.3) is 0 Å². The van der Waals surface area contributed by atoms with E-state index in [1.54, 1.807) is 12.4 Å². The molecule has 2 rings (SSSR count). The van der Waals surface area contributed by atoms with E-state index < -0.39 is 0 Å². The summed E-state index contributed by atoms with van der Waals surface area (Å²) in [6.45, 7) is 5.90. The van der Waals surface area contributed by atoms with Crippen molar-refractivity contribution in [1.82, 2.24) is 4.98 Å². The van der Waals surface area contributed by atoms with Crippen LogP contribution in [0.15, 0.2) is 36.8 Å². The lowest BCUT2D eigenvalue weighted by atomic mass is 9.86. The molecule has 0 saturated heterocycles. The minimum atomic E-state index is -0.0614. The SMILES string of the molecule is C=C=C(OC1(C)CCCCC1)c1cccnc1. The molecule has 0 aromatic carbocycles. The maximum atomic E-state index is 6.12. The van der Waals surface area contributed by atoms with Crippen LogP contribution in [0.1, 0.15) is 44.6 Å². The monoisotopic (exact) mass is 229 g/mol. The molecule has 0 N–H and O–H groups in total. The highest BCUT2D eigenvalue weighted by molar-refractivity contribution is 5.58. The molecule has 2 heteroatoms. The number of pyridine rings is 1. The molecule has 0 spiro atoms. The molecular weight excluding hydrogens is 210 g/mol. The first-order valence-corrected chi connectivity index (χ1v) is 6.23. The summed E-state index contributed by atoms with van der Waals surface area (Å²) in [5, 5.41) is 0. The van der Waals surface area contributed by atoms with Crippen molar-refractivity contribution < 1.29 is 4.74 Å². The van der Waals surface area contributed by atoms with Gasteiger partial charge in [-0.1, -0.05) is 18.7 Å². The molecule has 0 amide bonds. The van der Waals surface area contributed by atoms with Gasteiger partial charge in [-0.25, -0.2) is 0 Å². The number of hydrogen-bond donors (Lipinski definition) is 0. The van der Waals surface area contributed by atoms with Gasteiger partial charge < -0.3 is 4.74 Å². The molecule has 17 heavy (non-hydrogen) atoms. The third kappa shape index (κ3) is 2.98. The molecule has 2 nitrogen and oxygen atoms in total. The lowest BCUT2D eigenvalue weighted by molar-refractivity contribution is 0.0219. The molecule has 0 bridgehead atoms. The van der Waals surface area contributed by atoms with Gasteiger partial charge in [-0.2, -0.15) is 0 Å². The molecule has 1 aromatic rings. The Hall–Kier alpha value is -1.53. The van der Waals surface area contributed by atoms with E-state index in [1.807, 2.05) is 12.1 Å². The van der Waals surface area contributed by atoms with Gasteiger partial charge >= 0.3 is 0 Å². The third-order valence-electron chi connectivity index (χ3n) is 3.34. The molecule has 0 unspecified atom stereocenters. The second-order valence-corrected chi connectivity index (χ2v) is 4.86. The minimum absolute atomic E-state index is 0.0614. The van der Waals surface area contributed by atoms with Gasteiger partial charge in [0.1, 0.15) is 5.60 Å². The number of rotatable bonds is 3. The summed E-state index contributed by atoms with van der Waals surface area (Å²) in [5.74, 6) is 0.725. The average Bonchev–Trinajstić information content (AvgIpc) is 2.38. The van der Waals surface area contributed by atoms with E-state index in [0.29, 0.717) is 0 Å². The van der Waals surface area contributed by atoms with Gasteiger partial charge in [0.2, 0.25) is 0 Å². The minimum Gasteiger partial charge on any atom is -0.479 e. The zero-order chi connectivity index (χ0) is 12.1. The van der Waals surface area contributed by atoms with Gasteiger partial charge in [-0.15, -0.1) is 0 Å². The van der Waals surface area contributed by atoms with Crippen LogP contribution in [0.2, 0.25) is 0 Å². The van der Waals surface area contributed by atoms with Crippen molar-refractivity contribution in [1.29, 1.82) is 0 Å². The summed E-state index contributed by atoms with van der Waals surface area (Å²) < 4.78 is 6.12. The Balaban J connectivity index is 2.13. The van der Waals surface area contributed by atoms with Gasteiger partial charge in [0, 0.05) is 18.0 Å². The Morgan fingerprint density at radius 3 is 2.76 bits per heavy atom. The van der Waals surface area contributed by atoms with Gasteiger partial charge in [-0.3, -0.25) is 4.98 Å². The maximum absolute atomic E-state index is 6.12. The fourth-order valence-corrected chi connectivity index (χ4v) is 2.34. The first-order chi connectivity index (χ1) is 8.23. The second kappa shape index (κ2) is 5.20. The van der Waals surface area contributed by atoms with E-state index in [9.17, 15) is 0 Å². The van der Waals surface area contributed by atoms with Crippen LogP contribution >= 0.6 is 0 Å². The highest BCUT2D eigenvalue weighted by Gasteiger charge is 2.29. The van der Waals surface area contributed by atoms with Crippen LogP contribution in [0.4, 0.5) is 0 Å². The smallest absolute Gasteiger partial charge is 0.171 e. The Labute approximate surface area is 103 Å². The number of ether oxygens (including phenoxy) is 1. The molecule has 1 aliphatic carbocycles. The maximum Gasteiger partial charge on any atom is 0.171 e. The Morgan fingerprint density at radius 2 is 2.18 bits per heavy atom. The van der Waals surface area contributed by atoms with Crippen molar-refractivity contribution in [3.63, 3.8) is 0 Å². The lowest BCUT2D eigenvalue weighted by Crippen LogP contribution is -2.30. The average molecular weight is 229 g/mol. The molecule has 0 atom stereocenters. The molecule has 0 radical (unpaired) electrons. The summed E-state index contributed by atoms with van der Waals surface area (Å²) in [6.07, 6.45) is 9.57. The molecule has 1 saturated carbocycles. The largest absolute Gasteiger partial charge is 0.479 e. The molecule has 1 aliphatic rings. The van der Waals surface area contributed by atoms with E-state index >= 15 is 0 Å². The van der Waals surface area contributed by atoms with Crippen LogP contribution in [-0.4, -0.2) is 10.6 Å². The number of hydrogen-bond acceptors (Lipinski definition) is 2. The third-order valence-corrected chi connectivity index (χ3v) is 3.34. The Bertz CT molecular complexity index is 412. The summed E-state index contributed by atoms with van der Waals surface area (Å²) in [7, 11) is 0. The van der Waals surface area contributed by atoms with E-state index in [4.69, 9.17) is 4.74 Å². The summed E-state index contributed by atoms with van der Waals surface area (Å²) in [5.41, 5.74) is 3.79. The lowest BCUT2D eigenvalue weighted by Gasteiger charge is -2.34. The van der Waals surface area contributed by atoms with E-state index in [1.165, 1.54) is 19.3 Å². The van der Waals surface area contributed by atoms with Crippen LogP contribution in [0.5, 0.6) is 0 Å². The van der Waals surface area contributed by atoms with Gasteiger partial charge in [0.05, 0.1) is 0 Å². The van der Waals surface area contributed by atoms with Crippen molar-refractivity contribution >= 4 is 5.76 Å². The fourth-order valence-electron chi connectivity index (χ4n) is 2.34. The first kappa shape index (κ1) is 11.9. The van der Waals surface area contributed by atoms with Crippen molar-refractivity contribution in [3.05, 3.63) is 42.4 Å². The summed E-state index contributed by atoms with van der Waals surface area (Å²) in [4.78, 5) is 4.10. The van der Waals surface area contributed by atoms with Crippen LogP contribution in [-0.2, 0) is 4.74 Å². The van der Waals surface area contributed by atoms with Crippen LogP contribution in [0.25, 0.3) is 5.76 Å². The zero-order valence-electron chi connectivity index (χ0n) is 10.4. The van der Waals surface area contributed by atoms with Crippen LogP contribution in [0.3, 0.4) is 0 Å². The highest BCUT2D eigenvalue weighted by Crippen LogP contribution is 2.34. The van der Waals surface area contributed by atoms with Gasteiger partial charge in [-0.05, 0) is 44.7 Å². The normalized spacial score (nSPS) is 18.2. The Kier molecular flexibility index (Phi) is 3.65. The van der Waals surface area contributed by atoms with Crippen LogP contribution in [0, 0.1) is 0 Å². The van der Waals surface area contributed by atoms with E-state index in [-0.39, 0.29) is 5.60 Å². The predicted octanol–water partition coefficient (Wildman–Crippen LogP) is 3.95. The molecule has 0 aliphatic heterocycles. The molecule has 1 fully saturated rings. The summed E-state index contributed by atoms with van der Waals surface area (Å²) in [6, 6.07) is 3.88. The topological polar surface area (TPSA) is 22.1 Å². The molecule has 1 heterocycles. The second-order valence-electron chi connectivity index (χ2n) is 4.86. The standard InChI is InChI=1S/C15H19NO/c1-3-14(13-8-7-11-16-12-13)17-15(2)9-5-4-6-10-15/h7-8,11-12H,1,4-6,9-10H2,2H3. The van der Waals surface area contributed by atoms with Gasteiger partial charge in [0.15, 0.2) is 5.76 Å². The number of nitrogens with zero attached hydrogens (tertiary/aromatic N) is 1. The van der Waals surface area contributed by atoms with Crippen molar-refractivity contribution in [3.8, 4) is 0 Å². The molecule has 90 valence electrons. The number of aromatic nitrogens is 1. The van der Waals surface area contributed by atoms with Crippen molar-refractivity contribution in [2.24, 2.45) is 0 Å². The quantitative estimate of drug-likeness (QED) is 0.578. The van der Waals surface area contributed by atoms with Crippen molar-refractivity contribution in [2.75, 3.05) is 0 Å². The highest BCUT2D eigenvalue weighted by atomic mass is 16.5. The first-order valence-electron chi connectivity index (χ1n) is 6.23. The fraction of sp³-hybridized carbons (Fsp3) is 0.467. The zero-order valence-corrected chi connectivity index (χ0v) is 10.4. The molecule has 1 aromatic heterocycles. The van der Waals surface area contributed by atoms with Crippen LogP contribution < -0.4 is 0 Å².